The van der Waals surface area contributed by atoms with Crippen molar-refractivity contribution in [1.82, 2.24) is 9.97 Å². The number of halogens is 1. The van der Waals surface area contributed by atoms with Crippen molar-refractivity contribution < 1.29 is 0 Å². The van der Waals surface area contributed by atoms with Gasteiger partial charge in [0.2, 0.25) is 11.0 Å². The zero-order chi connectivity index (χ0) is 13.2. The van der Waals surface area contributed by atoms with E-state index in [0.29, 0.717) is 23.6 Å². The third kappa shape index (κ3) is 2.40. The van der Waals surface area contributed by atoms with Gasteiger partial charge < -0.3 is 5.32 Å². The van der Waals surface area contributed by atoms with Crippen LogP contribution in [-0.2, 0) is 6.54 Å². The Morgan fingerprint density at radius 1 is 1.37 bits per heavy atom. The van der Waals surface area contributed by atoms with Crippen LogP contribution in [0.4, 0.5) is 11.5 Å². The highest BCUT2D eigenvalue weighted by molar-refractivity contribution is 7.18. The number of hydrogen-bond acceptors (Lipinski definition) is 5. The summed E-state index contributed by atoms with van der Waals surface area (Å²) in [4.78, 5) is 13.0. The number of hydrogen-bond donors (Lipinski definition) is 1. The van der Waals surface area contributed by atoms with E-state index in [4.69, 9.17) is 18.2 Å². The zero-order valence-electron chi connectivity index (χ0n) is 9.55. The quantitative estimate of drug-likeness (QED) is 0.569. The molecular formula is C12H7ClN4S2. The molecule has 3 aromatic rings. The van der Waals surface area contributed by atoms with Crippen molar-refractivity contribution in [3.05, 3.63) is 44.5 Å². The van der Waals surface area contributed by atoms with Gasteiger partial charge in [-0.1, -0.05) is 6.07 Å². The average molecular weight is 307 g/mol. The summed E-state index contributed by atoms with van der Waals surface area (Å²) in [7, 11) is 0. The van der Waals surface area contributed by atoms with E-state index in [1.807, 2.05) is 11.4 Å². The molecule has 3 heterocycles. The summed E-state index contributed by atoms with van der Waals surface area (Å²) in [5, 5.41) is 7.21. The van der Waals surface area contributed by atoms with Crippen LogP contribution in [-0.4, -0.2) is 9.97 Å². The number of rotatable bonds is 3. The smallest absolute Gasteiger partial charge is 0.223 e. The topological polar surface area (TPSA) is 42.2 Å². The fraction of sp³-hybridized carbons (Fsp3) is 0.0833. The molecule has 0 aliphatic rings. The molecule has 1 N–H and O–H groups in total. The van der Waals surface area contributed by atoms with E-state index in [1.54, 1.807) is 16.7 Å². The highest BCUT2D eigenvalue weighted by Crippen LogP contribution is 2.35. The molecule has 7 heteroatoms. The standard InChI is InChI=1S/C12H7ClN4S2/c1-14-8-6-19-10-9(8)16-12(13)17-11(10)15-5-7-3-2-4-18-7/h2-4,6H,5H2,(H,15,16,17). The van der Waals surface area contributed by atoms with E-state index in [9.17, 15) is 0 Å². The molecule has 94 valence electrons. The molecule has 3 rings (SSSR count). The third-order valence-corrected chi connectivity index (χ3v) is 4.51. The molecule has 0 aliphatic carbocycles. The minimum Gasteiger partial charge on any atom is -0.364 e. The van der Waals surface area contributed by atoms with Crippen LogP contribution >= 0.6 is 34.3 Å². The van der Waals surface area contributed by atoms with Gasteiger partial charge in [-0.3, -0.25) is 0 Å². The van der Waals surface area contributed by atoms with Crippen molar-refractivity contribution in [2.75, 3.05) is 5.32 Å². The number of nitrogens with one attached hydrogen (secondary N) is 1. The fourth-order valence-corrected chi connectivity index (χ4v) is 3.36. The Kier molecular flexibility index (Phi) is 3.34. The monoisotopic (exact) mass is 306 g/mol. The van der Waals surface area contributed by atoms with Crippen LogP contribution in [0.3, 0.4) is 0 Å². The fourth-order valence-electron chi connectivity index (χ4n) is 1.66. The van der Waals surface area contributed by atoms with Gasteiger partial charge in [0.15, 0.2) is 0 Å². The van der Waals surface area contributed by atoms with Crippen LogP contribution in [0.2, 0.25) is 5.28 Å². The van der Waals surface area contributed by atoms with E-state index in [-0.39, 0.29) is 5.28 Å². The Morgan fingerprint density at radius 2 is 2.26 bits per heavy atom. The normalized spacial score (nSPS) is 10.5. The average Bonchev–Trinajstić information content (AvgIpc) is 3.04. The van der Waals surface area contributed by atoms with Crippen molar-refractivity contribution in [1.29, 1.82) is 0 Å². The molecule has 4 nitrogen and oxygen atoms in total. The molecule has 0 saturated heterocycles. The first-order chi connectivity index (χ1) is 9.28. The summed E-state index contributed by atoms with van der Waals surface area (Å²) < 4.78 is 0.868. The lowest BCUT2D eigenvalue weighted by molar-refractivity contribution is 1.13. The first kappa shape index (κ1) is 12.4. The van der Waals surface area contributed by atoms with Crippen molar-refractivity contribution in [3.8, 4) is 0 Å². The zero-order valence-corrected chi connectivity index (χ0v) is 11.9. The maximum absolute atomic E-state index is 7.11. The van der Waals surface area contributed by atoms with Gasteiger partial charge in [-0.2, -0.15) is 16.3 Å². The molecule has 0 fully saturated rings. The second-order valence-corrected chi connectivity index (χ2v) is 5.93. The Balaban J connectivity index is 1.99. The van der Waals surface area contributed by atoms with Crippen molar-refractivity contribution in [2.45, 2.75) is 6.54 Å². The van der Waals surface area contributed by atoms with E-state index in [1.165, 1.54) is 16.2 Å². The van der Waals surface area contributed by atoms with Crippen LogP contribution in [0.25, 0.3) is 15.1 Å². The first-order valence-corrected chi connectivity index (χ1v) is 7.50. The van der Waals surface area contributed by atoms with Gasteiger partial charge in [-0.05, 0) is 28.4 Å². The first-order valence-electron chi connectivity index (χ1n) is 5.36. The Hall–Kier alpha value is -1.68. The maximum atomic E-state index is 7.11. The van der Waals surface area contributed by atoms with E-state index in [2.05, 4.69) is 26.2 Å². The van der Waals surface area contributed by atoms with Crippen LogP contribution in [0.1, 0.15) is 4.88 Å². The summed E-state index contributed by atoms with van der Waals surface area (Å²) >= 11 is 9.04. The van der Waals surface area contributed by atoms with Gasteiger partial charge in [0.1, 0.15) is 5.82 Å². The maximum Gasteiger partial charge on any atom is 0.223 e. The summed E-state index contributed by atoms with van der Waals surface area (Å²) in [6, 6.07) is 4.06. The van der Waals surface area contributed by atoms with Gasteiger partial charge in [0.25, 0.3) is 0 Å². The van der Waals surface area contributed by atoms with Gasteiger partial charge in [-0.15, -0.1) is 11.3 Å². The summed E-state index contributed by atoms with van der Waals surface area (Å²) in [5.41, 5.74) is 1.14. The number of thiophene rings is 2. The summed E-state index contributed by atoms with van der Waals surface area (Å²) in [6.45, 7) is 7.79. The lowest BCUT2D eigenvalue weighted by atomic mass is 10.4. The highest BCUT2D eigenvalue weighted by atomic mass is 35.5. The Labute approximate surface area is 122 Å². The van der Waals surface area contributed by atoms with E-state index < -0.39 is 0 Å². The second-order valence-electron chi connectivity index (χ2n) is 3.68. The van der Waals surface area contributed by atoms with Crippen molar-refractivity contribution >= 4 is 56.0 Å². The number of aromatic nitrogens is 2. The third-order valence-electron chi connectivity index (χ3n) is 2.50. The summed E-state index contributed by atoms with van der Waals surface area (Å²) in [6.07, 6.45) is 0. The predicted octanol–water partition coefficient (Wildman–Crippen LogP) is 4.57. The molecule has 0 radical (unpaired) electrons. The van der Waals surface area contributed by atoms with Gasteiger partial charge >= 0.3 is 0 Å². The van der Waals surface area contributed by atoms with E-state index >= 15 is 0 Å². The van der Waals surface area contributed by atoms with Crippen LogP contribution in [0.15, 0.2) is 22.9 Å². The molecular weight excluding hydrogens is 300 g/mol. The molecule has 0 unspecified atom stereocenters. The molecule has 0 atom stereocenters. The Morgan fingerprint density at radius 3 is 3.00 bits per heavy atom. The number of nitrogens with zero attached hydrogens (tertiary/aromatic N) is 3. The van der Waals surface area contributed by atoms with Gasteiger partial charge in [-0.25, -0.2) is 9.83 Å². The molecule has 0 aliphatic heterocycles. The molecule has 0 aromatic carbocycles. The highest BCUT2D eigenvalue weighted by Gasteiger charge is 2.12. The van der Waals surface area contributed by atoms with Crippen LogP contribution in [0, 0.1) is 6.57 Å². The SMILES string of the molecule is [C-]#[N+]c1csc2c(NCc3cccs3)nc(Cl)nc12. The molecule has 0 bridgehead atoms. The number of anilines is 1. The van der Waals surface area contributed by atoms with Crippen molar-refractivity contribution in [3.63, 3.8) is 0 Å². The number of fused-ring (bicyclic) bond motifs is 1. The largest absolute Gasteiger partial charge is 0.364 e. The summed E-state index contributed by atoms with van der Waals surface area (Å²) in [5.74, 6) is 0.684. The van der Waals surface area contributed by atoms with Crippen molar-refractivity contribution in [2.24, 2.45) is 0 Å². The predicted molar refractivity (Wildman–Crippen MR) is 80.3 cm³/mol. The minimum absolute atomic E-state index is 0.157. The second kappa shape index (κ2) is 5.13. The lowest BCUT2D eigenvalue weighted by Crippen LogP contribution is -2.00. The van der Waals surface area contributed by atoms with Gasteiger partial charge in [0.05, 0.1) is 23.3 Å². The molecule has 0 amide bonds. The molecule has 3 aromatic heterocycles. The lowest BCUT2D eigenvalue weighted by Gasteiger charge is -2.05. The molecule has 0 spiro atoms. The van der Waals surface area contributed by atoms with E-state index in [0.717, 1.165) is 4.70 Å². The van der Waals surface area contributed by atoms with Gasteiger partial charge in [0, 0.05) is 4.88 Å². The molecule has 19 heavy (non-hydrogen) atoms. The minimum atomic E-state index is 0.157. The molecule has 0 saturated carbocycles. The van der Waals surface area contributed by atoms with Crippen LogP contribution < -0.4 is 5.32 Å². The van der Waals surface area contributed by atoms with Crippen LogP contribution in [0.5, 0.6) is 0 Å². The Bertz CT molecular complexity index is 758.